The molecule has 2 aliphatic rings. The molecule has 2 saturated carbocycles. The lowest BCUT2D eigenvalue weighted by molar-refractivity contribution is -0.110. The van der Waals surface area contributed by atoms with Crippen LogP contribution < -0.4 is 0 Å². The molecule has 11 heavy (non-hydrogen) atoms. The summed E-state index contributed by atoms with van der Waals surface area (Å²) >= 11 is 0. The van der Waals surface area contributed by atoms with Crippen LogP contribution in [0.4, 0.5) is 0 Å². The van der Waals surface area contributed by atoms with E-state index < -0.39 is 0 Å². The molecule has 0 aromatic carbocycles. The average molecular weight is 152 g/mol. The molecule has 1 atom stereocenters. The quantitative estimate of drug-likeness (QED) is 0.538. The standard InChI is InChI=1S/C11H20/c1-10(2)7-8-11(10,3)9-5-4-6-9/h9H,4-8H2,1-3H3. The first-order valence-electron chi connectivity index (χ1n) is 5.06. The van der Waals surface area contributed by atoms with Gasteiger partial charge in [0.1, 0.15) is 0 Å². The topological polar surface area (TPSA) is 0 Å². The molecular formula is C11H20. The van der Waals surface area contributed by atoms with E-state index in [4.69, 9.17) is 0 Å². The fraction of sp³-hybridized carbons (Fsp3) is 1.00. The SMILES string of the molecule is CC1(C)CCC1(C)C1CCC1. The molecule has 0 amide bonds. The molecule has 0 radical (unpaired) electrons. The van der Waals surface area contributed by atoms with Crippen LogP contribution in [0.1, 0.15) is 52.9 Å². The van der Waals surface area contributed by atoms with Gasteiger partial charge in [-0.2, -0.15) is 0 Å². The predicted octanol–water partition coefficient (Wildman–Crippen LogP) is 3.61. The minimum atomic E-state index is 0.651. The molecule has 0 saturated heterocycles. The smallest absolute Gasteiger partial charge is 0.0246 e. The Bertz CT molecular complexity index is 165. The van der Waals surface area contributed by atoms with Crippen molar-refractivity contribution in [3.8, 4) is 0 Å². The van der Waals surface area contributed by atoms with Crippen molar-refractivity contribution in [3.05, 3.63) is 0 Å². The van der Waals surface area contributed by atoms with Crippen LogP contribution in [0, 0.1) is 16.7 Å². The molecule has 0 aromatic heterocycles. The minimum Gasteiger partial charge on any atom is -0.0594 e. The summed E-state index contributed by atoms with van der Waals surface area (Å²) < 4.78 is 0. The van der Waals surface area contributed by atoms with E-state index in [1.165, 1.54) is 32.1 Å². The van der Waals surface area contributed by atoms with E-state index in [-0.39, 0.29) is 0 Å². The summed E-state index contributed by atoms with van der Waals surface area (Å²) in [6.07, 6.45) is 7.47. The van der Waals surface area contributed by atoms with Crippen molar-refractivity contribution in [2.24, 2.45) is 16.7 Å². The van der Waals surface area contributed by atoms with Gasteiger partial charge in [-0.15, -0.1) is 0 Å². The van der Waals surface area contributed by atoms with Crippen LogP contribution in [0.3, 0.4) is 0 Å². The van der Waals surface area contributed by atoms with Crippen molar-refractivity contribution in [1.29, 1.82) is 0 Å². The Kier molecular flexibility index (Phi) is 1.41. The van der Waals surface area contributed by atoms with E-state index >= 15 is 0 Å². The highest BCUT2D eigenvalue weighted by atomic mass is 14.6. The maximum absolute atomic E-state index is 2.51. The molecule has 0 heteroatoms. The lowest BCUT2D eigenvalue weighted by Gasteiger charge is -2.61. The highest BCUT2D eigenvalue weighted by molar-refractivity contribution is 5.04. The largest absolute Gasteiger partial charge is 0.0594 e. The molecule has 0 N–H and O–H groups in total. The van der Waals surface area contributed by atoms with E-state index in [2.05, 4.69) is 20.8 Å². The zero-order valence-electron chi connectivity index (χ0n) is 8.11. The number of hydrogen-bond donors (Lipinski definition) is 0. The molecule has 2 fully saturated rings. The molecule has 0 aromatic rings. The maximum Gasteiger partial charge on any atom is -0.0246 e. The third-order valence-corrected chi connectivity index (χ3v) is 4.82. The first-order valence-corrected chi connectivity index (χ1v) is 5.06. The summed E-state index contributed by atoms with van der Waals surface area (Å²) in [7, 11) is 0. The average Bonchev–Trinajstić information content (AvgIpc) is 1.81. The van der Waals surface area contributed by atoms with Crippen LogP contribution in [0.15, 0.2) is 0 Å². The molecule has 0 bridgehead atoms. The van der Waals surface area contributed by atoms with Crippen LogP contribution in [0.5, 0.6) is 0 Å². The number of rotatable bonds is 1. The van der Waals surface area contributed by atoms with Crippen LogP contribution in [0.25, 0.3) is 0 Å². The molecule has 2 aliphatic carbocycles. The van der Waals surface area contributed by atoms with E-state index in [1.807, 2.05) is 0 Å². The van der Waals surface area contributed by atoms with Crippen molar-refractivity contribution in [2.45, 2.75) is 52.9 Å². The Morgan fingerprint density at radius 1 is 1.00 bits per heavy atom. The summed E-state index contributed by atoms with van der Waals surface area (Å²) in [4.78, 5) is 0. The number of hydrogen-bond acceptors (Lipinski definition) is 0. The highest BCUT2D eigenvalue weighted by Gasteiger charge is 2.54. The van der Waals surface area contributed by atoms with Crippen molar-refractivity contribution in [3.63, 3.8) is 0 Å². The highest BCUT2D eigenvalue weighted by Crippen LogP contribution is 2.64. The molecule has 2 rings (SSSR count). The zero-order valence-corrected chi connectivity index (χ0v) is 8.11. The zero-order chi connectivity index (χ0) is 8.11. The fourth-order valence-corrected chi connectivity index (χ4v) is 2.82. The minimum absolute atomic E-state index is 0.651. The summed E-state index contributed by atoms with van der Waals surface area (Å²) in [6.45, 7) is 7.42. The summed E-state index contributed by atoms with van der Waals surface area (Å²) in [5, 5.41) is 0. The van der Waals surface area contributed by atoms with Gasteiger partial charge in [0.15, 0.2) is 0 Å². The first-order chi connectivity index (χ1) is 5.06. The lowest BCUT2D eigenvalue weighted by atomic mass is 9.44. The normalized spacial score (nSPS) is 42.8. The third kappa shape index (κ3) is 0.816. The van der Waals surface area contributed by atoms with E-state index in [0.717, 1.165) is 5.92 Å². The van der Waals surface area contributed by atoms with Crippen LogP contribution in [0.2, 0.25) is 0 Å². The van der Waals surface area contributed by atoms with Crippen molar-refractivity contribution < 1.29 is 0 Å². The Balaban J connectivity index is 2.09. The van der Waals surface area contributed by atoms with E-state index in [9.17, 15) is 0 Å². The van der Waals surface area contributed by atoms with Gasteiger partial charge in [0, 0.05) is 0 Å². The molecule has 0 spiro atoms. The first kappa shape index (κ1) is 7.64. The Morgan fingerprint density at radius 2 is 1.64 bits per heavy atom. The molecule has 0 heterocycles. The van der Waals surface area contributed by atoms with Gasteiger partial charge >= 0.3 is 0 Å². The monoisotopic (exact) mass is 152 g/mol. The Morgan fingerprint density at radius 3 is 1.73 bits per heavy atom. The van der Waals surface area contributed by atoms with Gasteiger partial charge < -0.3 is 0 Å². The van der Waals surface area contributed by atoms with E-state index in [1.54, 1.807) is 0 Å². The van der Waals surface area contributed by atoms with Crippen LogP contribution >= 0.6 is 0 Å². The summed E-state index contributed by atoms with van der Waals surface area (Å²) in [5.74, 6) is 1.08. The van der Waals surface area contributed by atoms with Gasteiger partial charge in [-0.1, -0.05) is 27.2 Å². The Labute approximate surface area is 70.4 Å². The summed E-state index contributed by atoms with van der Waals surface area (Å²) in [5.41, 5.74) is 1.36. The van der Waals surface area contributed by atoms with Gasteiger partial charge in [0.25, 0.3) is 0 Å². The maximum atomic E-state index is 2.51. The predicted molar refractivity (Wildman–Crippen MR) is 48.5 cm³/mol. The van der Waals surface area contributed by atoms with Crippen LogP contribution in [-0.2, 0) is 0 Å². The van der Waals surface area contributed by atoms with Gasteiger partial charge in [-0.25, -0.2) is 0 Å². The van der Waals surface area contributed by atoms with E-state index in [0.29, 0.717) is 10.8 Å². The molecule has 64 valence electrons. The van der Waals surface area contributed by atoms with Gasteiger partial charge in [-0.05, 0) is 42.4 Å². The third-order valence-electron chi connectivity index (χ3n) is 4.82. The molecule has 0 nitrogen and oxygen atoms in total. The second kappa shape index (κ2) is 2.02. The lowest BCUT2D eigenvalue weighted by Crippen LogP contribution is -2.51. The summed E-state index contributed by atoms with van der Waals surface area (Å²) in [6, 6.07) is 0. The molecule has 0 aliphatic heterocycles. The van der Waals surface area contributed by atoms with Gasteiger partial charge in [0.2, 0.25) is 0 Å². The van der Waals surface area contributed by atoms with Crippen molar-refractivity contribution in [1.82, 2.24) is 0 Å². The Hall–Kier alpha value is 0. The molecular weight excluding hydrogens is 132 g/mol. The second-order valence-corrected chi connectivity index (χ2v) is 5.43. The van der Waals surface area contributed by atoms with Crippen molar-refractivity contribution >= 4 is 0 Å². The van der Waals surface area contributed by atoms with Crippen LogP contribution in [-0.4, -0.2) is 0 Å². The van der Waals surface area contributed by atoms with Gasteiger partial charge in [0.05, 0.1) is 0 Å². The second-order valence-electron chi connectivity index (χ2n) is 5.43. The molecule has 1 unspecified atom stereocenters. The van der Waals surface area contributed by atoms with Crippen molar-refractivity contribution in [2.75, 3.05) is 0 Å². The fourth-order valence-electron chi connectivity index (χ4n) is 2.82. The van der Waals surface area contributed by atoms with Gasteiger partial charge in [-0.3, -0.25) is 0 Å².